The summed E-state index contributed by atoms with van der Waals surface area (Å²) in [5.74, 6) is 4.50. The zero-order chi connectivity index (χ0) is 49.0. The Labute approximate surface area is 393 Å². The summed E-state index contributed by atoms with van der Waals surface area (Å²) in [7, 11) is 0. The Balaban J connectivity index is -0.000000860. The first kappa shape index (κ1) is 64.5. The van der Waals surface area contributed by atoms with Crippen molar-refractivity contribution in [3.63, 3.8) is 0 Å². The van der Waals surface area contributed by atoms with Gasteiger partial charge in [-0.3, -0.25) is 0 Å². The van der Waals surface area contributed by atoms with Crippen molar-refractivity contribution in [2.75, 3.05) is 0 Å². The van der Waals surface area contributed by atoms with E-state index in [0.717, 1.165) is 88.6 Å². The summed E-state index contributed by atoms with van der Waals surface area (Å²) in [6.07, 6.45) is 18.8. The minimum absolute atomic E-state index is 0.294. The second-order valence-electron chi connectivity index (χ2n) is 19.0. The first-order chi connectivity index (χ1) is 28.9. The molecule has 3 rings (SSSR count). The van der Waals surface area contributed by atoms with Crippen LogP contribution in [-0.4, -0.2) is 0 Å². The fourth-order valence-corrected chi connectivity index (χ4v) is 7.97. The van der Waals surface area contributed by atoms with Crippen LogP contribution in [0.4, 0.5) is 0 Å². The monoisotopic (exact) mass is 846 g/mol. The van der Waals surface area contributed by atoms with Gasteiger partial charge < -0.3 is 0 Å². The van der Waals surface area contributed by atoms with Crippen molar-refractivity contribution < 1.29 is 0 Å². The van der Waals surface area contributed by atoms with Gasteiger partial charge in [0.05, 0.1) is 0 Å². The maximum Gasteiger partial charge on any atom is 0.0000599 e. The molecule has 0 amide bonds. The summed E-state index contributed by atoms with van der Waals surface area (Å²) < 4.78 is 0. The first-order valence-electron chi connectivity index (χ1n) is 24.5. The third-order valence-electron chi connectivity index (χ3n) is 11.5. The Kier molecular flexibility index (Phi) is 35.9. The van der Waals surface area contributed by atoms with E-state index in [2.05, 4.69) is 151 Å². The van der Waals surface area contributed by atoms with Crippen LogP contribution >= 0.6 is 0 Å². The molecule has 0 spiro atoms. The highest BCUT2D eigenvalue weighted by molar-refractivity contribution is 5.93. The summed E-state index contributed by atoms with van der Waals surface area (Å²) in [4.78, 5) is 0. The zero-order valence-electron chi connectivity index (χ0n) is 43.3. The van der Waals surface area contributed by atoms with E-state index in [1.807, 2.05) is 45.9 Å². The zero-order valence-corrected chi connectivity index (χ0v) is 43.3. The second-order valence-corrected chi connectivity index (χ2v) is 19.0. The van der Waals surface area contributed by atoms with Crippen LogP contribution in [0, 0.1) is 142 Å². The average molecular weight is 846 g/mol. The molecule has 0 heteroatoms. The molecule has 0 aromatic heterocycles. The predicted octanol–water partition coefficient (Wildman–Crippen LogP) is 17.8. The van der Waals surface area contributed by atoms with Gasteiger partial charge in [0.15, 0.2) is 0 Å². The molecule has 1 aliphatic rings. The molecule has 62 heavy (non-hydrogen) atoms. The van der Waals surface area contributed by atoms with Crippen LogP contribution < -0.4 is 10.4 Å². The lowest BCUT2D eigenvalue weighted by molar-refractivity contribution is 0.314. The molecule has 0 heterocycles. The van der Waals surface area contributed by atoms with E-state index < -0.39 is 0 Å². The van der Waals surface area contributed by atoms with Gasteiger partial charge in [0.1, 0.15) is 0 Å². The van der Waals surface area contributed by atoms with Crippen LogP contribution in [0.5, 0.6) is 0 Å². The van der Waals surface area contributed by atoms with Crippen molar-refractivity contribution in [2.24, 2.45) is 52.8 Å². The highest BCUT2D eigenvalue weighted by atomic mass is 14.4. The molecular formula is C62H101. The van der Waals surface area contributed by atoms with E-state index >= 15 is 0 Å². The molecule has 0 saturated heterocycles. The van der Waals surface area contributed by atoms with Crippen LogP contribution in [0.1, 0.15) is 183 Å². The maximum absolute atomic E-state index is 6.72. The van der Waals surface area contributed by atoms with Crippen molar-refractivity contribution in [1.82, 2.24) is 0 Å². The standard InChI is InChI=1S/C28H30.C14H28.C12H22.C4H9.2C2H6/c1-18(2)17-27(7,8)15-16-28(9)14-13-20(4)25-22(6)24-19(3)11-10-12-23(24)21(5)26(25)28;1-6-8-13(4)9-7-10-14(5)11-12(2)3;1-9(2)7-8-11(5)12(6)10(3)4;1-3-4-2;2*1-2/h5-6,10-13,18H,1,3-4,7-9,14-17H2,2H3;7,12-14H,4,6,8-11H2,1-3,5H3;9-12H,1-3,6-8H2,4-5H3;1,3-4H2,2H3;2*1-2H3. The van der Waals surface area contributed by atoms with Crippen LogP contribution in [0.15, 0.2) is 24.3 Å². The highest BCUT2D eigenvalue weighted by Crippen LogP contribution is 2.43. The van der Waals surface area contributed by atoms with Gasteiger partial charge in [-0.1, -0.05) is 201 Å². The lowest BCUT2D eigenvalue weighted by atomic mass is 9.65. The second kappa shape index (κ2) is 34.5. The number of rotatable bonds is 19. The molecular weight excluding hydrogens is 745 g/mol. The quantitative estimate of drug-likeness (QED) is 0.132. The van der Waals surface area contributed by atoms with Gasteiger partial charge in [-0.25, -0.2) is 0 Å². The van der Waals surface area contributed by atoms with Gasteiger partial charge in [-0.05, 0) is 189 Å². The Morgan fingerprint density at radius 1 is 0.806 bits per heavy atom. The van der Waals surface area contributed by atoms with Crippen molar-refractivity contribution in [3.05, 3.63) is 141 Å². The molecule has 0 aliphatic heterocycles. The Morgan fingerprint density at radius 3 is 1.84 bits per heavy atom. The molecule has 0 nitrogen and oxygen atoms in total. The van der Waals surface area contributed by atoms with Gasteiger partial charge in [0, 0.05) is 5.41 Å². The van der Waals surface area contributed by atoms with Gasteiger partial charge >= 0.3 is 0 Å². The van der Waals surface area contributed by atoms with Crippen LogP contribution in [0.25, 0.3) is 29.5 Å². The minimum atomic E-state index is -0.384. The first-order valence-corrected chi connectivity index (χ1v) is 24.5. The van der Waals surface area contributed by atoms with Crippen LogP contribution in [0.3, 0.4) is 0 Å². The Morgan fingerprint density at radius 2 is 1.37 bits per heavy atom. The number of fused-ring (bicyclic) bond motifs is 2. The van der Waals surface area contributed by atoms with E-state index in [0.29, 0.717) is 40.7 Å². The van der Waals surface area contributed by atoms with Crippen LogP contribution in [-0.2, 0) is 5.41 Å². The van der Waals surface area contributed by atoms with E-state index in [4.69, 9.17) is 13.2 Å². The third-order valence-corrected chi connectivity index (χ3v) is 11.5. The molecule has 0 N–H and O–H groups in total. The third kappa shape index (κ3) is 25.0. The Hall–Kier alpha value is -1.82. The fourth-order valence-electron chi connectivity index (χ4n) is 7.97. The molecule has 2 aromatic rings. The molecule has 15 radical (unpaired) electrons. The molecule has 349 valence electrons. The normalized spacial score (nSPS) is 16.5. The number of hydrogen-bond donors (Lipinski definition) is 0. The number of benzene rings is 2. The summed E-state index contributed by atoms with van der Waals surface area (Å²) in [6, 6.07) is 5.93. The summed E-state index contributed by atoms with van der Waals surface area (Å²) in [6.45, 7) is 88.5. The van der Waals surface area contributed by atoms with Crippen molar-refractivity contribution >= 4 is 29.5 Å². The molecule has 0 fully saturated rings. The molecule has 1 aliphatic carbocycles. The van der Waals surface area contributed by atoms with Crippen LogP contribution in [0.2, 0.25) is 0 Å². The van der Waals surface area contributed by atoms with Crippen molar-refractivity contribution in [1.29, 1.82) is 0 Å². The van der Waals surface area contributed by atoms with Gasteiger partial charge in [-0.15, -0.1) is 0 Å². The number of hydrogen-bond acceptors (Lipinski definition) is 0. The maximum atomic E-state index is 6.72. The Bertz CT molecular complexity index is 1530. The number of unbranched alkanes of at least 4 members (excludes halogenated alkanes) is 1. The van der Waals surface area contributed by atoms with Gasteiger partial charge in [-0.2, -0.15) is 0 Å². The van der Waals surface area contributed by atoms with E-state index in [-0.39, 0.29) is 10.8 Å². The number of allylic oxidation sites excluding steroid dienone is 2. The lowest BCUT2D eigenvalue weighted by Gasteiger charge is -2.39. The summed E-state index contributed by atoms with van der Waals surface area (Å²) in [5, 5.41) is 3.28. The SMILES string of the molecule is CC.CC.[CH2]C(C[CH]CC(C)CC(C)C)CCC.[CH2]C([CH2])CCC(C)C([CH2])C([CH2])C.[CH2]CCC.[CH]=c1c2c(c(=[CH])c3c([CH2])cccc13)C([CH2])=CCC2([CH2])CCC([CH2])([CH2])CC([CH2])C. The topological polar surface area (TPSA) is 0 Å². The molecule has 0 saturated carbocycles. The lowest BCUT2D eigenvalue weighted by Crippen LogP contribution is -2.37. The van der Waals surface area contributed by atoms with Gasteiger partial charge in [0.2, 0.25) is 0 Å². The van der Waals surface area contributed by atoms with E-state index in [1.165, 1.54) is 44.9 Å². The van der Waals surface area contributed by atoms with E-state index in [1.54, 1.807) is 0 Å². The smallest absolute Gasteiger partial charge is 0.0000599 e. The molecule has 7 unspecified atom stereocenters. The predicted molar refractivity (Wildman–Crippen MR) is 288 cm³/mol. The van der Waals surface area contributed by atoms with Crippen molar-refractivity contribution in [2.45, 2.75) is 172 Å². The fraction of sp³-hybridized carbons (Fsp3) is 0.565. The van der Waals surface area contributed by atoms with Gasteiger partial charge in [0.25, 0.3) is 0 Å². The minimum Gasteiger partial charge on any atom is -0.0798 e. The largest absolute Gasteiger partial charge is 0.0798 e. The van der Waals surface area contributed by atoms with Crippen molar-refractivity contribution in [3.8, 4) is 0 Å². The molecule has 7 atom stereocenters. The molecule has 2 aromatic carbocycles. The van der Waals surface area contributed by atoms with E-state index in [9.17, 15) is 0 Å². The summed E-state index contributed by atoms with van der Waals surface area (Å²) >= 11 is 0. The summed E-state index contributed by atoms with van der Waals surface area (Å²) in [5.41, 5.74) is 3.03. The highest BCUT2D eigenvalue weighted by Gasteiger charge is 2.35. The average Bonchev–Trinajstić information content (AvgIpc) is 3.20. The molecule has 0 bridgehead atoms.